The Labute approximate surface area is 161 Å². The fourth-order valence-corrected chi connectivity index (χ4v) is 4.78. The second-order valence-electron chi connectivity index (χ2n) is 6.17. The maximum absolute atomic E-state index is 12.8. The molecule has 7 nitrogen and oxygen atoms in total. The van der Waals surface area contributed by atoms with Gasteiger partial charge in [-0.05, 0) is 35.2 Å². The molecule has 4 rings (SSSR count). The van der Waals surface area contributed by atoms with Crippen LogP contribution in [0.4, 0.5) is 5.69 Å². The van der Waals surface area contributed by atoms with Crippen LogP contribution in [-0.2, 0) is 14.8 Å². The molecule has 0 saturated carbocycles. The third-order valence-electron chi connectivity index (χ3n) is 4.41. The third kappa shape index (κ3) is 2.98. The first-order chi connectivity index (χ1) is 13.5. The van der Waals surface area contributed by atoms with Gasteiger partial charge in [0.2, 0.25) is 0 Å². The van der Waals surface area contributed by atoms with Gasteiger partial charge in [-0.1, -0.05) is 36.4 Å². The van der Waals surface area contributed by atoms with Gasteiger partial charge in [0, 0.05) is 5.39 Å². The number of sulfonamides is 1. The van der Waals surface area contributed by atoms with E-state index in [0.29, 0.717) is 22.2 Å². The predicted octanol–water partition coefficient (Wildman–Crippen LogP) is 2.37. The Morgan fingerprint density at radius 2 is 1.82 bits per heavy atom. The van der Waals surface area contributed by atoms with Crippen molar-refractivity contribution < 1.29 is 13.2 Å². The second-order valence-corrected chi connectivity index (χ2v) is 8.00. The molecule has 138 valence electrons. The zero-order valence-electron chi connectivity index (χ0n) is 14.5. The molecule has 0 fully saturated rings. The van der Waals surface area contributed by atoms with Crippen molar-refractivity contribution in [3.63, 3.8) is 0 Å². The van der Waals surface area contributed by atoms with Crippen LogP contribution in [0.3, 0.4) is 0 Å². The van der Waals surface area contributed by atoms with E-state index in [0.717, 1.165) is 9.69 Å². The summed E-state index contributed by atoms with van der Waals surface area (Å²) in [4.78, 5) is 12.5. The number of anilines is 1. The summed E-state index contributed by atoms with van der Waals surface area (Å²) in [6.07, 6.45) is 1.42. The van der Waals surface area contributed by atoms with Crippen molar-refractivity contribution in [1.29, 1.82) is 5.26 Å². The molecular weight excluding hydrogens is 376 g/mol. The normalized spacial score (nSPS) is 14.3. The molecule has 0 aliphatic carbocycles. The van der Waals surface area contributed by atoms with Crippen molar-refractivity contribution in [2.45, 2.75) is 4.90 Å². The number of benzene rings is 3. The van der Waals surface area contributed by atoms with Crippen molar-refractivity contribution in [1.82, 2.24) is 5.43 Å². The van der Waals surface area contributed by atoms with E-state index in [1.807, 2.05) is 18.2 Å². The van der Waals surface area contributed by atoms with E-state index < -0.39 is 15.9 Å². The van der Waals surface area contributed by atoms with E-state index in [9.17, 15) is 13.2 Å². The molecule has 1 heterocycles. The van der Waals surface area contributed by atoms with Gasteiger partial charge in [0.1, 0.15) is 6.54 Å². The molecule has 3 aromatic carbocycles. The first kappa shape index (κ1) is 17.7. The van der Waals surface area contributed by atoms with Crippen LogP contribution < -0.4 is 9.73 Å². The van der Waals surface area contributed by atoms with Crippen molar-refractivity contribution in [3.8, 4) is 6.07 Å². The summed E-state index contributed by atoms with van der Waals surface area (Å²) in [5.74, 6) is -0.557. The van der Waals surface area contributed by atoms with Gasteiger partial charge in [-0.2, -0.15) is 10.4 Å². The van der Waals surface area contributed by atoms with Crippen LogP contribution in [0.5, 0.6) is 0 Å². The van der Waals surface area contributed by atoms with Gasteiger partial charge in [0.05, 0.1) is 28.4 Å². The van der Waals surface area contributed by atoms with Crippen LogP contribution in [0.25, 0.3) is 10.8 Å². The fraction of sp³-hybridized carbons (Fsp3) is 0.0500. The number of hydrazone groups is 1. The lowest BCUT2D eigenvalue weighted by molar-refractivity contribution is -0.119. The zero-order valence-corrected chi connectivity index (χ0v) is 15.3. The molecule has 0 spiro atoms. The minimum atomic E-state index is -3.79. The van der Waals surface area contributed by atoms with E-state index >= 15 is 0 Å². The summed E-state index contributed by atoms with van der Waals surface area (Å²) in [7, 11) is -3.79. The number of carbonyl (C=O) groups excluding carboxylic acids is 1. The summed E-state index contributed by atoms with van der Waals surface area (Å²) >= 11 is 0. The number of nitrogens with one attached hydrogen (secondary N) is 1. The molecule has 0 radical (unpaired) electrons. The fourth-order valence-electron chi connectivity index (χ4n) is 3.12. The minimum Gasteiger partial charge on any atom is -0.271 e. The van der Waals surface area contributed by atoms with Gasteiger partial charge in [-0.15, -0.1) is 0 Å². The molecule has 0 saturated heterocycles. The Kier molecular flexibility index (Phi) is 4.29. The Balaban J connectivity index is 1.51. The standard InChI is InChI=1S/C20H14N4O3S/c21-11-14-7-9-15(10-8-14)12-22-23-19(25)13-24-17-5-1-3-16-4-2-6-18(20(16)17)28(24,26)27/h1-10,12H,13H2,(H,23,25)/b22-12-. The smallest absolute Gasteiger partial charge is 0.265 e. The summed E-state index contributed by atoms with van der Waals surface area (Å²) < 4.78 is 26.8. The SMILES string of the molecule is N#Cc1ccc(/C=N\NC(=O)CN2c3cccc4cccc(c34)S2(=O)=O)cc1. The van der Waals surface area contributed by atoms with Crippen LogP contribution in [0.15, 0.2) is 70.7 Å². The van der Waals surface area contributed by atoms with Crippen LogP contribution in [0, 0.1) is 11.3 Å². The Morgan fingerprint density at radius 3 is 2.54 bits per heavy atom. The van der Waals surface area contributed by atoms with Crippen molar-refractivity contribution >= 4 is 38.6 Å². The lowest BCUT2D eigenvalue weighted by Crippen LogP contribution is -2.37. The first-order valence-electron chi connectivity index (χ1n) is 8.37. The summed E-state index contributed by atoms with van der Waals surface area (Å²) in [6, 6.07) is 19.0. The van der Waals surface area contributed by atoms with Crippen LogP contribution >= 0.6 is 0 Å². The molecule has 8 heteroatoms. The number of nitrogens with zero attached hydrogens (tertiary/aromatic N) is 3. The predicted molar refractivity (Wildman–Crippen MR) is 105 cm³/mol. The first-order valence-corrected chi connectivity index (χ1v) is 9.81. The summed E-state index contributed by atoms with van der Waals surface area (Å²) in [5.41, 5.74) is 4.05. The van der Waals surface area contributed by atoms with E-state index in [1.54, 1.807) is 48.5 Å². The zero-order chi connectivity index (χ0) is 19.7. The number of carbonyl (C=O) groups is 1. The molecule has 1 amide bonds. The van der Waals surface area contributed by atoms with E-state index in [4.69, 9.17) is 5.26 Å². The van der Waals surface area contributed by atoms with Crippen molar-refractivity contribution in [2.75, 3.05) is 10.8 Å². The number of nitriles is 1. The van der Waals surface area contributed by atoms with Gasteiger partial charge in [-0.3, -0.25) is 9.10 Å². The molecule has 0 aromatic heterocycles. The maximum atomic E-state index is 12.8. The Hall–Kier alpha value is -3.70. The molecule has 0 bridgehead atoms. The van der Waals surface area contributed by atoms with Crippen molar-refractivity contribution in [2.24, 2.45) is 5.10 Å². The number of hydrogen-bond acceptors (Lipinski definition) is 5. The largest absolute Gasteiger partial charge is 0.271 e. The molecular formula is C20H14N4O3S. The third-order valence-corrected chi connectivity index (χ3v) is 6.21. The van der Waals surface area contributed by atoms with Crippen LogP contribution in [0.1, 0.15) is 11.1 Å². The molecule has 0 atom stereocenters. The molecule has 1 aliphatic heterocycles. The highest BCUT2D eigenvalue weighted by atomic mass is 32.2. The monoisotopic (exact) mass is 390 g/mol. The second kappa shape index (κ2) is 6.79. The topological polar surface area (TPSA) is 103 Å². The van der Waals surface area contributed by atoms with Gasteiger partial charge in [0.25, 0.3) is 15.9 Å². The highest BCUT2D eigenvalue weighted by Gasteiger charge is 2.36. The van der Waals surface area contributed by atoms with Gasteiger partial charge >= 0.3 is 0 Å². The average molecular weight is 390 g/mol. The summed E-state index contributed by atoms with van der Waals surface area (Å²) in [6.45, 7) is -0.374. The van der Waals surface area contributed by atoms with Gasteiger partial charge in [0.15, 0.2) is 0 Å². The van der Waals surface area contributed by atoms with Gasteiger partial charge in [-0.25, -0.2) is 13.8 Å². The lowest BCUT2D eigenvalue weighted by atomic mass is 10.1. The Morgan fingerprint density at radius 1 is 1.11 bits per heavy atom. The van der Waals surface area contributed by atoms with E-state index in [2.05, 4.69) is 10.5 Å². The van der Waals surface area contributed by atoms with E-state index in [-0.39, 0.29) is 11.4 Å². The quantitative estimate of drug-likeness (QED) is 0.546. The average Bonchev–Trinajstić information content (AvgIpc) is 2.92. The molecule has 1 aliphatic rings. The van der Waals surface area contributed by atoms with Crippen LogP contribution in [-0.4, -0.2) is 27.1 Å². The number of hydrogen-bond donors (Lipinski definition) is 1. The van der Waals surface area contributed by atoms with Crippen molar-refractivity contribution in [3.05, 3.63) is 71.8 Å². The summed E-state index contributed by atoms with van der Waals surface area (Å²) in [5, 5.41) is 14.1. The minimum absolute atomic E-state index is 0.203. The van der Waals surface area contributed by atoms with Crippen LogP contribution in [0.2, 0.25) is 0 Å². The van der Waals surface area contributed by atoms with Gasteiger partial charge < -0.3 is 0 Å². The van der Waals surface area contributed by atoms with E-state index in [1.165, 1.54) is 6.21 Å². The highest BCUT2D eigenvalue weighted by Crippen LogP contribution is 2.41. The maximum Gasteiger partial charge on any atom is 0.265 e. The molecule has 28 heavy (non-hydrogen) atoms. The molecule has 3 aromatic rings. The molecule has 0 unspecified atom stereocenters. The number of rotatable bonds is 4. The number of amides is 1. The molecule has 1 N–H and O–H groups in total. The Bertz CT molecular complexity index is 1250. The lowest BCUT2D eigenvalue weighted by Gasteiger charge is -2.17. The highest BCUT2D eigenvalue weighted by molar-refractivity contribution is 7.93.